The molecule has 1 aromatic heterocycles. The van der Waals surface area contributed by atoms with Gasteiger partial charge in [-0.3, -0.25) is 4.79 Å². The Bertz CT molecular complexity index is 452. The fraction of sp³-hybridized carbons (Fsp3) is 0.692. The van der Waals surface area contributed by atoms with Crippen LogP contribution in [0.15, 0.2) is 12.5 Å². The third-order valence-electron chi connectivity index (χ3n) is 4.03. The molecule has 98 valence electrons. The van der Waals surface area contributed by atoms with E-state index in [1.54, 1.807) is 0 Å². The summed E-state index contributed by atoms with van der Waals surface area (Å²) in [4.78, 5) is 18.2. The van der Waals surface area contributed by atoms with Crippen molar-refractivity contribution in [3.05, 3.63) is 18.2 Å². The Kier molecular flexibility index (Phi) is 2.86. The molecule has 2 heterocycles. The molecule has 1 saturated heterocycles. The fourth-order valence-electron chi connectivity index (χ4n) is 2.93. The number of imidazole rings is 1. The second-order valence-corrected chi connectivity index (χ2v) is 5.28. The van der Waals surface area contributed by atoms with Crippen LogP contribution in [-0.4, -0.2) is 32.9 Å². The zero-order chi connectivity index (χ0) is 12.7. The van der Waals surface area contributed by atoms with E-state index in [0.717, 1.165) is 12.1 Å². The second kappa shape index (κ2) is 4.39. The Morgan fingerprint density at radius 1 is 1.44 bits per heavy atom. The van der Waals surface area contributed by atoms with E-state index in [2.05, 4.69) is 9.55 Å². The van der Waals surface area contributed by atoms with Gasteiger partial charge in [0.2, 0.25) is 5.91 Å². The number of aromatic nitrogens is 2. The van der Waals surface area contributed by atoms with Gasteiger partial charge in [-0.2, -0.15) is 0 Å². The molecule has 1 saturated carbocycles. The summed E-state index contributed by atoms with van der Waals surface area (Å²) in [6, 6.07) is 0.599. The van der Waals surface area contributed by atoms with E-state index in [-0.39, 0.29) is 18.0 Å². The smallest absolute Gasteiger partial charge is 0.223 e. The Morgan fingerprint density at radius 3 is 2.89 bits per heavy atom. The molecule has 0 spiro atoms. The molecular weight excluding hydrogens is 228 g/mol. The van der Waals surface area contributed by atoms with Crippen LogP contribution in [0.2, 0.25) is 0 Å². The van der Waals surface area contributed by atoms with Gasteiger partial charge in [0.1, 0.15) is 0 Å². The molecular formula is C13H20N4O. The van der Waals surface area contributed by atoms with Crippen LogP contribution in [0.5, 0.6) is 0 Å². The topological polar surface area (TPSA) is 64.2 Å². The van der Waals surface area contributed by atoms with Crippen molar-refractivity contribution in [1.29, 1.82) is 0 Å². The predicted molar refractivity (Wildman–Crippen MR) is 67.8 cm³/mol. The third kappa shape index (κ3) is 1.82. The van der Waals surface area contributed by atoms with Crippen LogP contribution in [0.1, 0.15) is 50.4 Å². The highest BCUT2D eigenvalue weighted by Crippen LogP contribution is 2.39. The Balaban J connectivity index is 1.95. The number of amides is 1. The molecule has 5 nitrogen and oxygen atoms in total. The van der Waals surface area contributed by atoms with Crippen LogP contribution >= 0.6 is 0 Å². The van der Waals surface area contributed by atoms with Crippen molar-refractivity contribution in [3.63, 3.8) is 0 Å². The normalized spacial score (nSPS) is 28.8. The van der Waals surface area contributed by atoms with Gasteiger partial charge in [0.05, 0.1) is 24.3 Å². The number of hydrogen-bond donors (Lipinski definition) is 1. The summed E-state index contributed by atoms with van der Waals surface area (Å²) in [5, 5.41) is 0. The summed E-state index contributed by atoms with van der Waals surface area (Å²) in [6.45, 7) is 2.73. The maximum atomic E-state index is 12.0. The minimum atomic E-state index is -0.000602. The first-order chi connectivity index (χ1) is 8.72. The number of likely N-dealkylation sites (N-methyl/N-ethyl adjacent to an activating group) is 1. The zero-order valence-electron chi connectivity index (χ0n) is 10.7. The van der Waals surface area contributed by atoms with Crippen LogP contribution in [-0.2, 0) is 4.79 Å². The predicted octanol–water partition coefficient (Wildman–Crippen LogP) is 1.23. The summed E-state index contributed by atoms with van der Waals surface area (Å²) in [5.74, 6) is 0.216. The van der Waals surface area contributed by atoms with Gasteiger partial charge < -0.3 is 15.2 Å². The van der Waals surface area contributed by atoms with Gasteiger partial charge in [-0.25, -0.2) is 4.98 Å². The minimum absolute atomic E-state index is 0.000602. The Hall–Kier alpha value is -1.36. The largest absolute Gasteiger partial charge is 0.333 e. The van der Waals surface area contributed by atoms with Crippen LogP contribution in [0.25, 0.3) is 0 Å². The molecule has 2 atom stereocenters. The van der Waals surface area contributed by atoms with Gasteiger partial charge in [0, 0.05) is 25.0 Å². The van der Waals surface area contributed by atoms with Crippen LogP contribution < -0.4 is 5.73 Å². The Morgan fingerprint density at radius 2 is 2.22 bits per heavy atom. The number of carbonyl (C=O) groups is 1. The molecule has 1 aromatic rings. The SMILES string of the molecule is CCN1C(=O)CCC(N)C1c1cncn1C1CC1. The quantitative estimate of drug-likeness (QED) is 0.875. The number of hydrogen-bond acceptors (Lipinski definition) is 3. The lowest BCUT2D eigenvalue weighted by Gasteiger charge is -2.39. The molecule has 0 radical (unpaired) electrons. The van der Waals surface area contributed by atoms with Crippen molar-refractivity contribution < 1.29 is 4.79 Å². The van der Waals surface area contributed by atoms with Crippen LogP contribution in [0.4, 0.5) is 0 Å². The maximum absolute atomic E-state index is 12.0. The van der Waals surface area contributed by atoms with Gasteiger partial charge in [-0.05, 0) is 26.2 Å². The summed E-state index contributed by atoms with van der Waals surface area (Å²) < 4.78 is 2.21. The molecule has 2 N–H and O–H groups in total. The lowest BCUT2D eigenvalue weighted by atomic mass is 9.94. The van der Waals surface area contributed by atoms with Crippen LogP contribution in [0.3, 0.4) is 0 Å². The number of nitrogens with zero attached hydrogens (tertiary/aromatic N) is 3. The third-order valence-corrected chi connectivity index (χ3v) is 4.03. The molecule has 2 fully saturated rings. The van der Waals surface area contributed by atoms with Crippen molar-refractivity contribution in [1.82, 2.24) is 14.5 Å². The highest BCUT2D eigenvalue weighted by atomic mass is 16.2. The van der Waals surface area contributed by atoms with E-state index in [0.29, 0.717) is 19.0 Å². The Labute approximate surface area is 107 Å². The number of likely N-dealkylation sites (tertiary alicyclic amines) is 1. The first kappa shape index (κ1) is 11.7. The summed E-state index contributed by atoms with van der Waals surface area (Å²) in [6.07, 6.45) is 7.53. The summed E-state index contributed by atoms with van der Waals surface area (Å²) >= 11 is 0. The molecule has 1 aliphatic carbocycles. The molecule has 18 heavy (non-hydrogen) atoms. The standard InChI is InChI=1S/C13H20N4O/c1-2-16-12(18)6-5-10(14)13(16)11-7-15-8-17(11)9-3-4-9/h7-10,13H,2-6,14H2,1H3. The fourth-order valence-corrected chi connectivity index (χ4v) is 2.93. The number of nitrogens with two attached hydrogens (primary N) is 1. The van der Waals surface area contributed by atoms with Crippen LogP contribution in [0, 0.1) is 0 Å². The number of piperidine rings is 1. The van der Waals surface area contributed by atoms with Crippen molar-refractivity contribution in [2.24, 2.45) is 5.73 Å². The van der Waals surface area contributed by atoms with Gasteiger partial charge in [-0.1, -0.05) is 0 Å². The van der Waals surface area contributed by atoms with E-state index in [4.69, 9.17) is 5.73 Å². The van der Waals surface area contributed by atoms with E-state index in [1.165, 1.54) is 12.8 Å². The van der Waals surface area contributed by atoms with E-state index in [1.807, 2.05) is 24.3 Å². The molecule has 1 amide bonds. The highest BCUT2D eigenvalue weighted by Gasteiger charge is 2.37. The number of carbonyl (C=O) groups excluding carboxylic acids is 1. The first-order valence-corrected chi connectivity index (χ1v) is 6.79. The monoisotopic (exact) mass is 248 g/mol. The average molecular weight is 248 g/mol. The molecule has 3 rings (SSSR count). The van der Waals surface area contributed by atoms with E-state index < -0.39 is 0 Å². The molecule has 5 heteroatoms. The molecule has 0 bridgehead atoms. The van der Waals surface area contributed by atoms with E-state index in [9.17, 15) is 4.79 Å². The molecule has 2 aliphatic rings. The first-order valence-electron chi connectivity index (χ1n) is 6.79. The van der Waals surface area contributed by atoms with Gasteiger partial charge in [0.25, 0.3) is 0 Å². The average Bonchev–Trinajstić information content (AvgIpc) is 3.10. The van der Waals surface area contributed by atoms with Gasteiger partial charge in [-0.15, -0.1) is 0 Å². The van der Waals surface area contributed by atoms with Crippen molar-refractivity contribution in [3.8, 4) is 0 Å². The van der Waals surface area contributed by atoms with E-state index >= 15 is 0 Å². The minimum Gasteiger partial charge on any atom is -0.333 e. The summed E-state index contributed by atoms with van der Waals surface area (Å²) in [7, 11) is 0. The second-order valence-electron chi connectivity index (χ2n) is 5.28. The van der Waals surface area contributed by atoms with Crippen molar-refractivity contribution in [2.45, 2.75) is 50.7 Å². The van der Waals surface area contributed by atoms with Crippen molar-refractivity contribution in [2.75, 3.05) is 6.54 Å². The highest BCUT2D eigenvalue weighted by molar-refractivity contribution is 5.77. The number of rotatable bonds is 3. The lowest BCUT2D eigenvalue weighted by Crippen LogP contribution is -2.49. The lowest BCUT2D eigenvalue weighted by molar-refractivity contribution is -0.137. The van der Waals surface area contributed by atoms with Gasteiger partial charge in [0.15, 0.2) is 0 Å². The van der Waals surface area contributed by atoms with Crippen molar-refractivity contribution >= 4 is 5.91 Å². The molecule has 1 aliphatic heterocycles. The molecule has 2 unspecified atom stereocenters. The summed E-state index contributed by atoms with van der Waals surface area (Å²) in [5.41, 5.74) is 7.36. The maximum Gasteiger partial charge on any atom is 0.223 e. The zero-order valence-corrected chi connectivity index (χ0v) is 10.7. The molecule has 0 aromatic carbocycles. The van der Waals surface area contributed by atoms with Gasteiger partial charge >= 0.3 is 0 Å².